The lowest BCUT2D eigenvalue weighted by Gasteiger charge is -2.56. The third kappa shape index (κ3) is 8.25. The molecule has 1 aliphatic heterocycles. The Kier molecular flexibility index (Phi) is 11.2. The van der Waals surface area contributed by atoms with Crippen molar-refractivity contribution in [1.82, 2.24) is 15.5 Å². The molecule has 4 N–H and O–H groups in total. The molecule has 1 saturated heterocycles. The fourth-order valence-corrected chi connectivity index (χ4v) is 10.4. The number of rotatable bonds is 12. The van der Waals surface area contributed by atoms with Crippen molar-refractivity contribution in [2.75, 3.05) is 13.6 Å². The van der Waals surface area contributed by atoms with E-state index in [4.69, 9.17) is 9.47 Å². The van der Waals surface area contributed by atoms with E-state index in [1.807, 2.05) is 80.7 Å². The molecule has 0 aromatic heterocycles. The molecule has 0 spiro atoms. The standard InChI is InChI=1S/C47H57N3O5/c1-30-42(28-50(3)31(2)43(52)37-9-5-4-6-10-37)54-45(55-44(30)38-15-13-32(29-51)14-16-38)39-19-17-36(18-20-39)41-12-8-7-11-40(41)27-48-46(53)49-47-24-33-21-34(25-47)23-35(22-33)26-47/h4-20,30-31,33-35,42-45,51-52H,21-29H2,1-3H3,(H2,48,49,53)/t30-,31+,33?,34?,35?,42+,43+,44+,45+,47?/m1/s1. The molecule has 4 bridgehead atoms. The van der Waals surface area contributed by atoms with Gasteiger partial charge >= 0.3 is 6.03 Å². The lowest BCUT2D eigenvalue weighted by molar-refractivity contribution is -0.276. The van der Waals surface area contributed by atoms with E-state index < -0.39 is 12.4 Å². The van der Waals surface area contributed by atoms with Crippen LogP contribution in [-0.2, 0) is 22.6 Å². The highest BCUT2D eigenvalue weighted by molar-refractivity contribution is 5.76. The second-order valence-electron chi connectivity index (χ2n) is 17.1. The van der Waals surface area contributed by atoms with Gasteiger partial charge in [0, 0.05) is 36.2 Å². The predicted octanol–water partition coefficient (Wildman–Crippen LogP) is 8.46. The van der Waals surface area contributed by atoms with Gasteiger partial charge in [0.05, 0.1) is 24.9 Å². The van der Waals surface area contributed by atoms with E-state index in [-0.39, 0.29) is 42.3 Å². The van der Waals surface area contributed by atoms with Gasteiger partial charge in [-0.15, -0.1) is 0 Å². The highest BCUT2D eigenvalue weighted by Crippen LogP contribution is 2.55. The second kappa shape index (κ2) is 16.2. The van der Waals surface area contributed by atoms with Crippen LogP contribution in [0.2, 0.25) is 0 Å². The summed E-state index contributed by atoms with van der Waals surface area (Å²) in [5.41, 5.74) is 6.88. The quantitative estimate of drug-likeness (QED) is 0.116. The van der Waals surface area contributed by atoms with Crippen LogP contribution >= 0.6 is 0 Å². The first kappa shape index (κ1) is 37.9. The van der Waals surface area contributed by atoms with Gasteiger partial charge < -0.3 is 30.3 Å². The van der Waals surface area contributed by atoms with Gasteiger partial charge in [-0.25, -0.2) is 4.79 Å². The summed E-state index contributed by atoms with van der Waals surface area (Å²) in [6, 6.07) is 34.2. The van der Waals surface area contributed by atoms with Crippen molar-refractivity contribution in [1.29, 1.82) is 0 Å². The average Bonchev–Trinajstić information content (AvgIpc) is 3.20. The molecule has 8 nitrogen and oxygen atoms in total. The summed E-state index contributed by atoms with van der Waals surface area (Å²) in [5, 5.41) is 27.6. The minimum atomic E-state index is -0.638. The molecule has 4 aliphatic carbocycles. The molecular formula is C47H57N3O5. The van der Waals surface area contributed by atoms with Crippen LogP contribution in [0.25, 0.3) is 11.1 Å². The molecule has 55 heavy (non-hydrogen) atoms. The molecule has 0 unspecified atom stereocenters. The van der Waals surface area contributed by atoms with E-state index in [0.29, 0.717) is 13.1 Å². The van der Waals surface area contributed by atoms with Crippen molar-refractivity contribution in [3.05, 3.63) is 131 Å². The smallest absolute Gasteiger partial charge is 0.315 e. The molecular weight excluding hydrogens is 687 g/mol. The number of amides is 2. The summed E-state index contributed by atoms with van der Waals surface area (Å²) in [5.74, 6) is 2.35. The molecule has 4 aromatic rings. The van der Waals surface area contributed by atoms with E-state index in [0.717, 1.165) is 76.0 Å². The van der Waals surface area contributed by atoms with Crippen LogP contribution in [0.15, 0.2) is 103 Å². The molecule has 290 valence electrons. The van der Waals surface area contributed by atoms with E-state index in [1.165, 1.54) is 19.3 Å². The van der Waals surface area contributed by atoms with Gasteiger partial charge in [-0.3, -0.25) is 4.90 Å². The van der Waals surface area contributed by atoms with Crippen molar-refractivity contribution < 1.29 is 24.5 Å². The van der Waals surface area contributed by atoms with Crippen LogP contribution in [0.3, 0.4) is 0 Å². The lowest BCUT2D eigenvalue weighted by Crippen LogP contribution is -2.61. The SMILES string of the molecule is C[C@@H]1[C@H](CN(C)[C@@H](C)[C@H](O)c2ccccc2)O[C@H](c2ccc(-c3ccccc3CNC(=O)NC34CC5CC(CC(C5)C3)C4)cc2)O[C@@H]1c1ccc(CO)cc1. The number of urea groups is 1. The van der Waals surface area contributed by atoms with Crippen molar-refractivity contribution in [2.45, 2.75) is 102 Å². The summed E-state index contributed by atoms with van der Waals surface area (Å²) in [7, 11) is 2.04. The van der Waals surface area contributed by atoms with Gasteiger partial charge in [0.1, 0.15) is 0 Å². The zero-order chi connectivity index (χ0) is 38.1. The molecule has 5 aliphatic rings. The van der Waals surface area contributed by atoms with Crippen LogP contribution in [0.5, 0.6) is 0 Å². The molecule has 8 heteroatoms. The Morgan fingerprint density at radius 3 is 2.11 bits per heavy atom. The number of nitrogens with zero attached hydrogens (tertiary/aromatic N) is 1. The van der Waals surface area contributed by atoms with E-state index >= 15 is 0 Å². The number of hydrogen-bond acceptors (Lipinski definition) is 6. The molecule has 5 fully saturated rings. The van der Waals surface area contributed by atoms with Crippen LogP contribution in [0.4, 0.5) is 4.79 Å². The van der Waals surface area contributed by atoms with Crippen molar-refractivity contribution in [3.8, 4) is 11.1 Å². The van der Waals surface area contributed by atoms with Crippen molar-refractivity contribution in [3.63, 3.8) is 0 Å². The Hall–Kier alpha value is -4.05. The second-order valence-corrected chi connectivity index (χ2v) is 17.1. The van der Waals surface area contributed by atoms with Crippen molar-refractivity contribution in [2.24, 2.45) is 23.7 Å². The van der Waals surface area contributed by atoms with E-state index in [2.05, 4.69) is 58.9 Å². The van der Waals surface area contributed by atoms with Crippen LogP contribution in [0.1, 0.15) is 98.7 Å². The number of likely N-dealkylation sites (N-methyl/N-ethyl adjacent to an activating group) is 1. The van der Waals surface area contributed by atoms with Gasteiger partial charge in [0.25, 0.3) is 0 Å². The maximum Gasteiger partial charge on any atom is 0.315 e. The fraction of sp³-hybridized carbons (Fsp3) is 0.468. The number of carbonyl (C=O) groups excluding carboxylic acids is 1. The molecule has 4 saturated carbocycles. The minimum Gasteiger partial charge on any atom is -0.392 e. The number of benzene rings is 4. The summed E-state index contributed by atoms with van der Waals surface area (Å²) in [6.07, 6.45) is 5.78. The molecule has 9 rings (SSSR count). The number of nitrogens with one attached hydrogen (secondary N) is 2. The number of hydrogen-bond donors (Lipinski definition) is 4. The summed E-state index contributed by atoms with van der Waals surface area (Å²) in [4.78, 5) is 15.5. The Balaban J connectivity index is 0.967. The molecule has 1 heterocycles. The first-order valence-corrected chi connectivity index (χ1v) is 20.3. The summed E-state index contributed by atoms with van der Waals surface area (Å²) in [6.45, 7) is 5.25. The first-order valence-electron chi connectivity index (χ1n) is 20.3. The van der Waals surface area contributed by atoms with Gasteiger partial charge in [0.15, 0.2) is 6.29 Å². The Bertz CT molecular complexity index is 1860. The molecule has 6 atom stereocenters. The van der Waals surface area contributed by atoms with E-state index in [9.17, 15) is 15.0 Å². The first-order chi connectivity index (χ1) is 26.7. The van der Waals surface area contributed by atoms with Crippen molar-refractivity contribution >= 4 is 6.03 Å². The van der Waals surface area contributed by atoms with Crippen LogP contribution in [-0.4, -0.2) is 52.4 Å². The summed E-state index contributed by atoms with van der Waals surface area (Å²) >= 11 is 0. The maximum absolute atomic E-state index is 13.3. The number of aliphatic hydroxyl groups is 2. The number of aliphatic hydroxyl groups excluding tert-OH is 2. The van der Waals surface area contributed by atoms with Gasteiger partial charge in [-0.2, -0.15) is 0 Å². The lowest BCUT2D eigenvalue weighted by atomic mass is 9.53. The maximum atomic E-state index is 13.3. The largest absolute Gasteiger partial charge is 0.392 e. The van der Waals surface area contributed by atoms with Gasteiger partial charge in [-0.05, 0) is 104 Å². The Morgan fingerprint density at radius 2 is 1.45 bits per heavy atom. The zero-order valence-electron chi connectivity index (χ0n) is 32.4. The third-order valence-corrected chi connectivity index (χ3v) is 13.3. The molecule has 2 amide bonds. The third-order valence-electron chi connectivity index (χ3n) is 13.3. The minimum absolute atomic E-state index is 0.0112. The highest BCUT2D eigenvalue weighted by atomic mass is 16.7. The summed E-state index contributed by atoms with van der Waals surface area (Å²) < 4.78 is 13.5. The predicted molar refractivity (Wildman–Crippen MR) is 215 cm³/mol. The van der Waals surface area contributed by atoms with E-state index in [1.54, 1.807) is 0 Å². The van der Waals surface area contributed by atoms with Crippen LogP contribution in [0, 0.1) is 23.7 Å². The average molecular weight is 744 g/mol. The fourth-order valence-electron chi connectivity index (χ4n) is 10.4. The van der Waals surface area contributed by atoms with Crippen LogP contribution < -0.4 is 10.6 Å². The Labute approximate surface area is 326 Å². The molecule has 4 aromatic carbocycles. The van der Waals surface area contributed by atoms with Gasteiger partial charge in [0.2, 0.25) is 0 Å². The number of ether oxygens (including phenoxy) is 2. The molecule has 0 radical (unpaired) electrons. The van der Waals surface area contributed by atoms with Gasteiger partial charge in [-0.1, -0.05) is 110 Å². The monoisotopic (exact) mass is 743 g/mol. The Morgan fingerprint density at radius 1 is 0.836 bits per heavy atom. The topological polar surface area (TPSA) is 103 Å². The number of carbonyl (C=O) groups is 1. The zero-order valence-corrected chi connectivity index (χ0v) is 32.4. The highest BCUT2D eigenvalue weighted by Gasteiger charge is 2.51. The normalized spacial score (nSPS) is 29.5.